The molecule has 0 bridgehead atoms. The van der Waals surface area contributed by atoms with Crippen molar-refractivity contribution >= 4 is 5.91 Å². The Kier molecular flexibility index (Phi) is 5.47. The van der Waals surface area contributed by atoms with Crippen LogP contribution in [0.3, 0.4) is 0 Å². The number of hydrogen-bond donors (Lipinski definition) is 2. The van der Waals surface area contributed by atoms with Gasteiger partial charge in [0.05, 0.1) is 19.2 Å². The van der Waals surface area contributed by atoms with Gasteiger partial charge in [0.15, 0.2) is 5.82 Å². The fraction of sp³-hybridized carbons (Fsp3) is 0.571. The number of carbonyl (C=O) groups excluding carboxylic acids is 1. The Bertz CT molecular complexity index is 878. The summed E-state index contributed by atoms with van der Waals surface area (Å²) in [6, 6.07) is 0. The van der Waals surface area contributed by atoms with Gasteiger partial charge in [-0.1, -0.05) is 13.8 Å². The van der Waals surface area contributed by atoms with Gasteiger partial charge in [0.2, 0.25) is 0 Å². The average Bonchev–Trinajstić information content (AvgIpc) is 2.92. The van der Waals surface area contributed by atoms with Crippen LogP contribution >= 0.6 is 0 Å². The quantitative estimate of drug-likeness (QED) is 0.596. The van der Waals surface area contributed by atoms with E-state index in [9.17, 15) is 19.5 Å². The van der Waals surface area contributed by atoms with Crippen LogP contribution in [0.25, 0.3) is 0 Å². The summed E-state index contributed by atoms with van der Waals surface area (Å²) < 4.78 is 2.12. The maximum atomic E-state index is 12.5. The van der Waals surface area contributed by atoms with E-state index in [0.717, 1.165) is 15.3 Å². The summed E-state index contributed by atoms with van der Waals surface area (Å²) in [5, 5.41) is 20.9. The van der Waals surface area contributed by atoms with Crippen molar-refractivity contribution < 1.29 is 9.90 Å². The van der Waals surface area contributed by atoms with Gasteiger partial charge in [-0.2, -0.15) is 4.80 Å². The second kappa shape index (κ2) is 7.38. The molecule has 25 heavy (non-hydrogen) atoms. The number of aliphatic hydroxyl groups excluding tert-OH is 1. The van der Waals surface area contributed by atoms with Crippen molar-refractivity contribution in [3.63, 3.8) is 0 Å². The van der Waals surface area contributed by atoms with Crippen LogP contribution in [0.5, 0.6) is 0 Å². The number of nitrogens with two attached hydrogens (primary N) is 1. The first kappa shape index (κ1) is 18.5. The van der Waals surface area contributed by atoms with Gasteiger partial charge in [-0.05, 0) is 18.1 Å². The first-order valence-corrected chi connectivity index (χ1v) is 7.77. The third kappa shape index (κ3) is 4.38. The molecule has 0 spiro atoms. The Hall–Kier alpha value is -2.82. The largest absolute Gasteiger partial charge is 0.391 e. The van der Waals surface area contributed by atoms with Gasteiger partial charge in [-0.15, -0.1) is 10.2 Å². The predicted octanol–water partition coefficient (Wildman–Crippen LogP) is -1.82. The minimum absolute atomic E-state index is 0.0204. The normalized spacial score (nSPS) is 12.5. The van der Waals surface area contributed by atoms with Crippen molar-refractivity contribution in [3.8, 4) is 0 Å². The van der Waals surface area contributed by atoms with Gasteiger partial charge in [-0.25, -0.2) is 4.79 Å². The molecule has 0 saturated carbocycles. The number of hydrogen-bond acceptors (Lipinski definition) is 7. The van der Waals surface area contributed by atoms with Crippen LogP contribution in [0.4, 0.5) is 0 Å². The Morgan fingerprint density at radius 3 is 2.52 bits per heavy atom. The van der Waals surface area contributed by atoms with Crippen molar-refractivity contribution in [2.24, 2.45) is 11.7 Å². The Labute approximate surface area is 142 Å². The van der Waals surface area contributed by atoms with Crippen LogP contribution in [0.15, 0.2) is 15.8 Å². The molecule has 0 aliphatic carbocycles. The lowest BCUT2D eigenvalue weighted by Gasteiger charge is -2.12. The van der Waals surface area contributed by atoms with Crippen LogP contribution in [-0.2, 0) is 19.6 Å². The fourth-order valence-corrected chi connectivity index (χ4v) is 2.27. The number of aliphatic hydroxyl groups is 1. The third-order valence-electron chi connectivity index (χ3n) is 3.28. The molecule has 0 aliphatic rings. The highest BCUT2D eigenvalue weighted by Crippen LogP contribution is 1.98. The molecule has 11 nitrogen and oxygen atoms in total. The molecule has 0 saturated heterocycles. The summed E-state index contributed by atoms with van der Waals surface area (Å²) in [4.78, 5) is 37.5. The van der Waals surface area contributed by atoms with E-state index in [1.165, 1.54) is 4.80 Å². The molecule has 1 atom stereocenters. The summed E-state index contributed by atoms with van der Waals surface area (Å²) in [6.45, 7) is 5.49. The number of nitrogens with zero attached hydrogens (tertiary/aromatic N) is 6. The van der Waals surface area contributed by atoms with E-state index in [1.54, 1.807) is 6.92 Å². The molecule has 0 aliphatic heterocycles. The summed E-state index contributed by atoms with van der Waals surface area (Å²) in [5.41, 5.74) is 3.66. The molecule has 11 heteroatoms. The zero-order chi connectivity index (χ0) is 18.7. The van der Waals surface area contributed by atoms with Crippen molar-refractivity contribution in [3.05, 3.63) is 38.4 Å². The third-order valence-corrected chi connectivity index (χ3v) is 3.28. The maximum Gasteiger partial charge on any atom is 0.331 e. The summed E-state index contributed by atoms with van der Waals surface area (Å²) in [5.74, 6) is -0.693. The minimum atomic E-state index is -0.915. The average molecular weight is 351 g/mol. The SMILES string of the molecule is CC(C)Cn1c(=O)c(C(N)=O)cn(Cc2nnn(C[C@@H](C)O)n2)c1=O. The van der Waals surface area contributed by atoms with Gasteiger partial charge >= 0.3 is 5.69 Å². The fourth-order valence-electron chi connectivity index (χ4n) is 2.27. The number of primary amides is 1. The summed E-state index contributed by atoms with van der Waals surface area (Å²) in [7, 11) is 0. The highest BCUT2D eigenvalue weighted by atomic mass is 16.3. The first-order valence-electron chi connectivity index (χ1n) is 7.77. The molecular formula is C14H21N7O4. The molecule has 3 N–H and O–H groups in total. The smallest absolute Gasteiger partial charge is 0.331 e. The molecule has 0 aromatic carbocycles. The van der Waals surface area contributed by atoms with Crippen molar-refractivity contribution in [2.75, 3.05) is 0 Å². The Morgan fingerprint density at radius 1 is 1.28 bits per heavy atom. The maximum absolute atomic E-state index is 12.5. The lowest BCUT2D eigenvalue weighted by atomic mass is 10.2. The van der Waals surface area contributed by atoms with E-state index < -0.39 is 23.3 Å². The van der Waals surface area contributed by atoms with Gasteiger partial charge in [-0.3, -0.25) is 18.7 Å². The molecule has 0 radical (unpaired) electrons. The molecule has 0 unspecified atom stereocenters. The molecule has 2 rings (SSSR count). The molecule has 2 heterocycles. The standard InChI is InChI=1S/C14H21N7O4/c1-8(2)4-20-13(24)10(12(15)23)6-19(14(20)25)7-11-16-18-21(17-11)5-9(3)22/h6,8-9,22H,4-5,7H2,1-3H3,(H2,15,23)/t9-/m1/s1. The number of amides is 1. The minimum Gasteiger partial charge on any atom is -0.391 e. The monoisotopic (exact) mass is 351 g/mol. The van der Waals surface area contributed by atoms with Gasteiger partial charge in [0, 0.05) is 12.7 Å². The Balaban J connectivity index is 2.44. The van der Waals surface area contributed by atoms with E-state index in [1.807, 2.05) is 13.8 Å². The van der Waals surface area contributed by atoms with E-state index >= 15 is 0 Å². The molecule has 2 aromatic heterocycles. The van der Waals surface area contributed by atoms with Crippen molar-refractivity contribution in [2.45, 2.75) is 46.5 Å². The lowest BCUT2D eigenvalue weighted by Crippen LogP contribution is -2.44. The predicted molar refractivity (Wildman–Crippen MR) is 86.9 cm³/mol. The number of carbonyl (C=O) groups is 1. The zero-order valence-corrected chi connectivity index (χ0v) is 14.3. The molecule has 2 aromatic rings. The first-order chi connectivity index (χ1) is 11.7. The van der Waals surface area contributed by atoms with E-state index in [4.69, 9.17) is 5.73 Å². The van der Waals surface area contributed by atoms with Crippen molar-refractivity contribution in [1.29, 1.82) is 0 Å². The number of rotatable bonds is 7. The topological polar surface area (TPSA) is 151 Å². The summed E-state index contributed by atoms with van der Waals surface area (Å²) in [6.07, 6.45) is 0.457. The molecular weight excluding hydrogens is 330 g/mol. The van der Waals surface area contributed by atoms with Crippen LogP contribution in [0.2, 0.25) is 0 Å². The van der Waals surface area contributed by atoms with Crippen molar-refractivity contribution in [1.82, 2.24) is 29.3 Å². The van der Waals surface area contributed by atoms with E-state index in [2.05, 4.69) is 15.4 Å². The van der Waals surface area contributed by atoms with E-state index in [-0.39, 0.29) is 36.9 Å². The van der Waals surface area contributed by atoms with Gasteiger partial charge < -0.3 is 10.8 Å². The van der Waals surface area contributed by atoms with Crippen LogP contribution in [0.1, 0.15) is 37.0 Å². The highest BCUT2D eigenvalue weighted by molar-refractivity contribution is 5.92. The molecule has 0 fully saturated rings. The molecule has 1 amide bonds. The molecule has 136 valence electrons. The second-order valence-electron chi connectivity index (χ2n) is 6.24. The van der Waals surface area contributed by atoms with Crippen LogP contribution in [-0.4, -0.2) is 46.5 Å². The van der Waals surface area contributed by atoms with Gasteiger partial charge in [0.25, 0.3) is 11.5 Å². The zero-order valence-electron chi connectivity index (χ0n) is 14.3. The second-order valence-corrected chi connectivity index (χ2v) is 6.24. The highest BCUT2D eigenvalue weighted by Gasteiger charge is 2.17. The summed E-state index contributed by atoms with van der Waals surface area (Å²) >= 11 is 0. The van der Waals surface area contributed by atoms with Gasteiger partial charge in [0.1, 0.15) is 5.56 Å². The van der Waals surface area contributed by atoms with Crippen LogP contribution < -0.4 is 17.0 Å². The van der Waals surface area contributed by atoms with E-state index in [0.29, 0.717) is 0 Å². The Morgan fingerprint density at radius 2 is 1.96 bits per heavy atom. The van der Waals surface area contributed by atoms with Crippen LogP contribution in [0, 0.1) is 5.92 Å². The number of aromatic nitrogens is 6. The lowest BCUT2D eigenvalue weighted by molar-refractivity contribution is 0.0996. The number of tetrazole rings is 1.